The van der Waals surface area contributed by atoms with Gasteiger partial charge in [-0.2, -0.15) is 0 Å². The first-order chi connectivity index (χ1) is 17.8. The van der Waals surface area contributed by atoms with E-state index in [2.05, 4.69) is 5.32 Å². The number of phenols is 2. The molecular weight excluding hydrogens is 478 g/mol. The highest BCUT2D eigenvalue weighted by molar-refractivity contribution is 6.04. The molecule has 9 nitrogen and oxygen atoms in total. The Morgan fingerprint density at radius 2 is 1.27 bits per heavy atom. The quantitative estimate of drug-likeness (QED) is 0.260. The summed E-state index contributed by atoms with van der Waals surface area (Å²) in [6.45, 7) is 0. The number of amides is 1. The number of nitrogens with one attached hydrogen (secondary N) is 1. The van der Waals surface area contributed by atoms with Gasteiger partial charge in [-0.1, -0.05) is 18.2 Å². The lowest BCUT2D eigenvalue weighted by Gasteiger charge is -2.14. The molecule has 0 saturated carbocycles. The molecule has 9 heteroatoms. The number of carbonyl (C=O) groups excluding carboxylic acids is 1. The van der Waals surface area contributed by atoms with Crippen LogP contribution in [0.2, 0.25) is 0 Å². The van der Waals surface area contributed by atoms with E-state index in [0.717, 1.165) is 5.56 Å². The number of hydrogen-bond acceptors (Lipinski definition) is 8. The Labute approximate surface area is 215 Å². The number of rotatable bonds is 10. The number of ether oxygens (including phenoxy) is 5. The molecule has 0 spiro atoms. The van der Waals surface area contributed by atoms with E-state index in [1.807, 2.05) is 0 Å². The highest BCUT2D eigenvalue weighted by atomic mass is 16.5. The van der Waals surface area contributed by atoms with Gasteiger partial charge in [0.2, 0.25) is 11.7 Å². The maximum absolute atomic E-state index is 12.8. The second-order valence-electron chi connectivity index (χ2n) is 7.63. The highest BCUT2D eigenvalue weighted by Crippen LogP contribution is 2.40. The molecule has 3 aromatic carbocycles. The highest BCUT2D eigenvalue weighted by Gasteiger charge is 2.16. The molecule has 0 aromatic heterocycles. The van der Waals surface area contributed by atoms with Crippen LogP contribution in [0.1, 0.15) is 16.7 Å². The van der Waals surface area contributed by atoms with Crippen molar-refractivity contribution in [3.63, 3.8) is 0 Å². The lowest BCUT2D eigenvalue weighted by atomic mass is 10.1. The molecule has 0 saturated heterocycles. The van der Waals surface area contributed by atoms with Crippen LogP contribution >= 0.6 is 0 Å². The first-order valence-electron chi connectivity index (χ1n) is 11.1. The summed E-state index contributed by atoms with van der Waals surface area (Å²) in [5.41, 5.74) is 2.26. The first-order valence-corrected chi connectivity index (χ1v) is 11.1. The minimum atomic E-state index is -0.460. The van der Waals surface area contributed by atoms with E-state index in [-0.39, 0.29) is 28.7 Å². The molecule has 0 fully saturated rings. The Morgan fingerprint density at radius 3 is 1.86 bits per heavy atom. The first kappa shape index (κ1) is 26.8. The second kappa shape index (κ2) is 12.3. The van der Waals surface area contributed by atoms with Crippen LogP contribution in [0.3, 0.4) is 0 Å². The van der Waals surface area contributed by atoms with Crippen LogP contribution in [0.4, 0.5) is 5.69 Å². The van der Waals surface area contributed by atoms with Crippen molar-refractivity contribution >= 4 is 29.8 Å². The third kappa shape index (κ3) is 6.26. The minimum Gasteiger partial charge on any atom is -0.504 e. The van der Waals surface area contributed by atoms with Crippen molar-refractivity contribution in [1.82, 2.24) is 0 Å². The minimum absolute atomic E-state index is 0.00266. The van der Waals surface area contributed by atoms with Crippen LogP contribution in [-0.4, -0.2) is 51.7 Å². The molecule has 3 N–H and O–H groups in total. The fourth-order valence-electron chi connectivity index (χ4n) is 3.58. The molecule has 0 aliphatic rings. The standard InChI is InChI=1S/C28H29NO8/c1-33-22-14-17(7-11-20(22)30)8-13-25(32)29-26-19(10-12-21(31)27(26)36-4)9-6-18-15-23(34-2)28(37-5)24(16-18)35-3/h6-16,30-31H,1-5H3,(H,29,32)/b9-6+,13-8+. The zero-order valence-corrected chi connectivity index (χ0v) is 21.2. The molecule has 1 amide bonds. The molecule has 0 bridgehead atoms. The Kier molecular flexibility index (Phi) is 8.88. The lowest BCUT2D eigenvalue weighted by Crippen LogP contribution is -2.10. The Hall–Kier alpha value is -4.79. The number of anilines is 1. The number of hydrogen-bond donors (Lipinski definition) is 3. The predicted molar refractivity (Wildman–Crippen MR) is 142 cm³/mol. The molecule has 0 aliphatic heterocycles. The van der Waals surface area contributed by atoms with Gasteiger partial charge in [-0.3, -0.25) is 4.79 Å². The van der Waals surface area contributed by atoms with Crippen molar-refractivity contribution in [3.05, 3.63) is 65.2 Å². The summed E-state index contributed by atoms with van der Waals surface area (Å²) >= 11 is 0. The third-order valence-corrected chi connectivity index (χ3v) is 5.39. The Morgan fingerprint density at radius 1 is 0.676 bits per heavy atom. The average Bonchev–Trinajstić information content (AvgIpc) is 2.91. The van der Waals surface area contributed by atoms with Crippen molar-refractivity contribution in [2.24, 2.45) is 0 Å². The van der Waals surface area contributed by atoms with Crippen LogP contribution in [0.5, 0.6) is 40.2 Å². The zero-order chi connectivity index (χ0) is 26.9. The Balaban J connectivity index is 1.93. The lowest BCUT2D eigenvalue weighted by molar-refractivity contribution is -0.111. The van der Waals surface area contributed by atoms with E-state index in [0.29, 0.717) is 28.4 Å². The summed E-state index contributed by atoms with van der Waals surface area (Å²) in [6, 6.07) is 11.4. The molecular formula is C28H29NO8. The van der Waals surface area contributed by atoms with Crippen LogP contribution < -0.4 is 29.0 Å². The number of carbonyl (C=O) groups is 1. The van der Waals surface area contributed by atoms with E-state index >= 15 is 0 Å². The topological polar surface area (TPSA) is 116 Å². The number of benzene rings is 3. The average molecular weight is 508 g/mol. The van der Waals surface area contributed by atoms with Gasteiger partial charge in [0.05, 0.1) is 41.2 Å². The van der Waals surface area contributed by atoms with E-state index in [1.165, 1.54) is 53.8 Å². The van der Waals surface area contributed by atoms with Gasteiger partial charge >= 0.3 is 0 Å². The van der Waals surface area contributed by atoms with E-state index in [1.54, 1.807) is 48.6 Å². The van der Waals surface area contributed by atoms with E-state index in [4.69, 9.17) is 23.7 Å². The third-order valence-electron chi connectivity index (χ3n) is 5.39. The van der Waals surface area contributed by atoms with Gasteiger partial charge in [0.15, 0.2) is 34.5 Å². The molecule has 3 rings (SSSR count). The van der Waals surface area contributed by atoms with Crippen molar-refractivity contribution in [3.8, 4) is 40.2 Å². The molecule has 0 heterocycles. The molecule has 0 radical (unpaired) electrons. The van der Waals surface area contributed by atoms with Gasteiger partial charge in [0.25, 0.3) is 0 Å². The maximum Gasteiger partial charge on any atom is 0.248 e. The monoisotopic (exact) mass is 507 g/mol. The number of aromatic hydroxyl groups is 2. The predicted octanol–water partition coefficient (Wildman–Crippen LogP) is 4.96. The normalized spacial score (nSPS) is 10.9. The van der Waals surface area contributed by atoms with Crippen molar-refractivity contribution in [1.29, 1.82) is 0 Å². The van der Waals surface area contributed by atoms with E-state index < -0.39 is 5.91 Å². The summed E-state index contributed by atoms with van der Waals surface area (Å²) in [6.07, 6.45) is 6.44. The summed E-state index contributed by atoms with van der Waals surface area (Å²) in [5.74, 6) is 1.27. The molecule has 0 unspecified atom stereocenters. The molecule has 0 atom stereocenters. The fourth-order valence-corrected chi connectivity index (χ4v) is 3.58. The molecule has 0 aliphatic carbocycles. The Bertz CT molecular complexity index is 1300. The van der Waals surface area contributed by atoms with Crippen molar-refractivity contribution < 1.29 is 38.7 Å². The van der Waals surface area contributed by atoms with Gasteiger partial charge in [0, 0.05) is 11.6 Å². The van der Waals surface area contributed by atoms with Gasteiger partial charge < -0.3 is 39.2 Å². The summed E-state index contributed by atoms with van der Waals surface area (Å²) in [7, 11) is 7.43. The SMILES string of the molecule is COc1cc(/C=C/C(=O)Nc2c(/C=C/c3cc(OC)c(OC)c(OC)c3)ccc(O)c2OC)ccc1O. The molecule has 3 aromatic rings. The van der Waals surface area contributed by atoms with Gasteiger partial charge in [-0.25, -0.2) is 0 Å². The largest absolute Gasteiger partial charge is 0.504 e. The number of phenolic OH excluding ortho intramolecular Hbond substituents is 2. The van der Waals surface area contributed by atoms with Crippen LogP contribution in [0.15, 0.2) is 48.5 Å². The van der Waals surface area contributed by atoms with Gasteiger partial charge in [0.1, 0.15) is 0 Å². The molecule has 37 heavy (non-hydrogen) atoms. The van der Waals surface area contributed by atoms with Crippen LogP contribution in [-0.2, 0) is 4.79 Å². The van der Waals surface area contributed by atoms with E-state index in [9.17, 15) is 15.0 Å². The second-order valence-corrected chi connectivity index (χ2v) is 7.63. The van der Waals surface area contributed by atoms with Crippen LogP contribution in [0, 0.1) is 0 Å². The summed E-state index contributed by atoms with van der Waals surface area (Å²) < 4.78 is 26.6. The van der Waals surface area contributed by atoms with Gasteiger partial charge in [-0.15, -0.1) is 0 Å². The summed E-state index contributed by atoms with van der Waals surface area (Å²) in [4.78, 5) is 12.8. The summed E-state index contributed by atoms with van der Waals surface area (Å²) in [5, 5.41) is 22.8. The zero-order valence-electron chi connectivity index (χ0n) is 21.2. The molecule has 194 valence electrons. The fraction of sp³-hybridized carbons (Fsp3) is 0.179. The van der Waals surface area contributed by atoms with Crippen LogP contribution in [0.25, 0.3) is 18.2 Å². The van der Waals surface area contributed by atoms with Crippen molar-refractivity contribution in [2.75, 3.05) is 40.9 Å². The maximum atomic E-state index is 12.8. The van der Waals surface area contributed by atoms with Gasteiger partial charge in [-0.05, 0) is 53.6 Å². The number of methoxy groups -OCH3 is 5. The smallest absolute Gasteiger partial charge is 0.248 e. The van der Waals surface area contributed by atoms with Crippen molar-refractivity contribution in [2.45, 2.75) is 0 Å².